The van der Waals surface area contributed by atoms with Crippen molar-refractivity contribution in [2.45, 2.75) is 37.3 Å². The molecule has 1 aromatic heterocycles. The molecule has 2 aromatic rings. The van der Waals surface area contributed by atoms with Crippen molar-refractivity contribution < 1.29 is 19.2 Å². The van der Waals surface area contributed by atoms with Crippen LogP contribution < -0.4 is 11.0 Å². The molecule has 0 atom stereocenters. The van der Waals surface area contributed by atoms with Gasteiger partial charge in [-0.25, -0.2) is 4.79 Å². The SMILES string of the molecule is O=C(CSc1nc(=O)n(CCCO)c2c1CCC2)Nc1ccc(F)c([N+](=O)[O-])c1. The third-order valence-corrected chi connectivity index (χ3v) is 5.52. The Kier molecular flexibility index (Phi) is 6.60. The highest BCUT2D eigenvalue weighted by molar-refractivity contribution is 8.00. The van der Waals surface area contributed by atoms with E-state index in [-0.39, 0.29) is 18.0 Å². The minimum absolute atomic E-state index is 0.0145. The van der Waals surface area contributed by atoms with Crippen LogP contribution in [0.3, 0.4) is 0 Å². The maximum absolute atomic E-state index is 13.4. The van der Waals surface area contributed by atoms with E-state index < -0.39 is 28.0 Å². The number of carbonyl (C=O) groups is 1. The third-order valence-electron chi connectivity index (χ3n) is 4.51. The molecule has 11 heteroatoms. The van der Waals surface area contributed by atoms with Gasteiger partial charge in [0, 0.05) is 36.2 Å². The van der Waals surface area contributed by atoms with Crippen LogP contribution in [-0.4, -0.2) is 37.8 Å². The maximum atomic E-state index is 13.4. The largest absolute Gasteiger partial charge is 0.396 e. The lowest BCUT2D eigenvalue weighted by Gasteiger charge is -2.13. The summed E-state index contributed by atoms with van der Waals surface area (Å²) in [5.41, 5.74) is 0.826. The highest BCUT2D eigenvalue weighted by Crippen LogP contribution is 2.29. The second kappa shape index (κ2) is 9.14. The summed E-state index contributed by atoms with van der Waals surface area (Å²) in [4.78, 5) is 38.6. The highest BCUT2D eigenvalue weighted by Gasteiger charge is 2.22. The number of carbonyl (C=O) groups excluding carboxylic acids is 1. The molecule has 0 saturated heterocycles. The molecule has 1 aliphatic carbocycles. The lowest BCUT2D eigenvalue weighted by atomic mass is 10.2. The number of aromatic nitrogens is 2. The normalized spacial score (nSPS) is 12.6. The van der Waals surface area contributed by atoms with Gasteiger partial charge in [-0.05, 0) is 37.8 Å². The molecule has 0 spiro atoms. The van der Waals surface area contributed by atoms with Crippen LogP contribution >= 0.6 is 11.8 Å². The molecule has 154 valence electrons. The maximum Gasteiger partial charge on any atom is 0.348 e. The molecule has 29 heavy (non-hydrogen) atoms. The Bertz CT molecular complexity index is 1010. The molecule has 0 unspecified atom stereocenters. The number of halogens is 1. The standard InChI is InChI=1S/C18H19FN4O5S/c19-13-6-5-11(9-15(13)23(27)28)20-16(25)10-29-17-12-3-1-4-14(12)22(7-2-8-24)18(26)21-17/h5-6,9,24H,1-4,7-8,10H2,(H,20,25). The van der Waals surface area contributed by atoms with Crippen molar-refractivity contribution in [1.82, 2.24) is 9.55 Å². The Balaban J connectivity index is 1.70. The minimum Gasteiger partial charge on any atom is -0.396 e. The number of amides is 1. The number of nitrogens with one attached hydrogen (secondary N) is 1. The van der Waals surface area contributed by atoms with Gasteiger partial charge in [0.1, 0.15) is 5.03 Å². The summed E-state index contributed by atoms with van der Waals surface area (Å²) in [5, 5.41) is 22.8. The number of anilines is 1. The van der Waals surface area contributed by atoms with E-state index in [1.54, 1.807) is 4.57 Å². The van der Waals surface area contributed by atoms with Crippen LogP contribution in [0.25, 0.3) is 0 Å². The second-order valence-corrected chi connectivity index (χ2v) is 7.43. The van der Waals surface area contributed by atoms with Crippen molar-refractivity contribution in [2.75, 3.05) is 17.7 Å². The number of aliphatic hydroxyl groups excluding tert-OH is 1. The Hall–Kier alpha value is -2.79. The summed E-state index contributed by atoms with van der Waals surface area (Å²) in [7, 11) is 0. The van der Waals surface area contributed by atoms with Crippen LogP contribution in [-0.2, 0) is 24.2 Å². The van der Waals surface area contributed by atoms with E-state index in [9.17, 15) is 24.1 Å². The van der Waals surface area contributed by atoms with Crippen molar-refractivity contribution in [3.8, 4) is 0 Å². The van der Waals surface area contributed by atoms with Gasteiger partial charge in [-0.15, -0.1) is 0 Å². The summed E-state index contributed by atoms with van der Waals surface area (Å²) >= 11 is 1.12. The molecule has 1 aliphatic rings. The van der Waals surface area contributed by atoms with Crippen molar-refractivity contribution in [2.24, 2.45) is 0 Å². The Morgan fingerprint density at radius 2 is 2.21 bits per heavy atom. The first-order chi connectivity index (χ1) is 13.9. The number of benzene rings is 1. The Labute approximate surface area is 169 Å². The van der Waals surface area contributed by atoms with Gasteiger partial charge in [0.05, 0.1) is 10.7 Å². The smallest absolute Gasteiger partial charge is 0.348 e. The molecule has 0 fully saturated rings. The van der Waals surface area contributed by atoms with Crippen LogP contribution in [0.15, 0.2) is 28.0 Å². The average Bonchev–Trinajstić information content (AvgIpc) is 3.16. The number of thioether (sulfide) groups is 1. The van der Waals surface area contributed by atoms with E-state index in [0.717, 1.165) is 54.4 Å². The van der Waals surface area contributed by atoms with Crippen LogP contribution in [0.1, 0.15) is 24.1 Å². The van der Waals surface area contributed by atoms with Crippen molar-refractivity contribution >= 4 is 29.0 Å². The molecule has 1 heterocycles. The summed E-state index contributed by atoms with van der Waals surface area (Å²) in [5.74, 6) is -1.48. The predicted octanol–water partition coefficient (Wildman–Crippen LogP) is 1.89. The highest BCUT2D eigenvalue weighted by atomic mass is 32.2. The van der Waals surface area contributed by atoms with E-state index >= 15 is 0 Å². The van der Waals surface area contributed by atoms with Crippen molar-refractivity contribution in [1.29, 1.82) is 0 Å². The summed E-state index contributed by atoms with van der Waals surface area (Å²) in [6.07, 6.45) is 2.86. The monoisotopic (exact) mass is 422 g/mol. The number of nitro benzene ring substituents is 1. The number of nitro groups is 1. The Morgan fingerprint density at radius 3 is 2.93 bits per heavy atom. The second-order valence-electron chi connectivity index (χ2n) is 6.47. The average molecular weight is 422 g/mol. The molecular weight excluding hydrogens is 403 g/mol. The van der Waals surface area contributed by atoms with Gasteiger partial charge in [-0.3, -0.25) is 19.5 Å². The fourth-order valence-electron chi connectivity index (χ4n) is 3.23. The van der Waals surface area contributed by atoms with E-state index in [4.69, 9.17) is 5.11 Å². The molecule has 0 saturated carbocycles. The number of hydrogen-bond donors (Lipinski definition) is 2. The van der Waals surface area contributed by atoms with E-state index in [1.165, 1.54) is 6.07 Å². The summed E-state index contributed by atoms with van der Waals surface area (Å²) in [6, 6.07) is 3.11. The fourth-order valence-corrected chi connectivity index (χ4v) is 4.10. The van der Waals surface area contributed by atoms with Gasteiger partial charge in [0.15, 0.2) is 0 Å². The minimum atomic E-state index is -0.983. The zero-order valence-electron chi connectivity index (χ0n) is 15.4. The van der Waals surface area contributed by atoms with E-state index in [1.807, 2.05) is 0 Å². The predicted molar refractivity (Wildman–Crippen MR) is 105 cm³/mol. The number of fused-ring (bicyclic) bond motifs is 1. The van der Waals surface area contributed by atoms with Crippen LogP contribution in [0, 0.1) is 15.9 Å². The van der Waals surface area contributed by atoms with Gasteiger partial charge in [-0.1, -0.05) is 11.8 Å². The van der Waals surface area contributed by atoms with Crippen LogP contribution in [0.5, 0.6) is 0 Å². The number of nitrogens with zero attached hydrogens (tertiary/aromatic N) is 3. The lowest BCUT2D eigenvalue weighted by molar-refractivity contribution is -0.387. The van der Waals surface area contributed by atoms with Crippen LogP contribution in [0.2, 0.25) is 0 Å². The fraction of sp³-hybridized carbons (Fsp3) is 0.389. The first kappa shape index (κ1) is 20.9. The first-order valence-corrected chi connectivity index (χ1v) is 9.99. The third kappa shape index (κ3) is 4.80. The molecular formula is C18H19FN4O5S. The van der Waals surface area contributed by atoms with Crippen molar-refractivity contribution in [3.63, 3.8) is 0 Å². The zero-order valence-corrected chi connectivity index (χ0v) is 16.2. The molecule has 2 N–H and O–H groups in total. The molecule has 0 bridgehead atoms. The van der Waals surface area contributed by atoms with Gasteiger partial charge in [-0.2, -0.15) is 9.37 Å². The van der Waals surface area contributed by atoms with Crippen molar-refractivity contribution in [3.05, 3.63) is 55.9 Å². The van der Waals surface area contributed by atoms with Gasteiger partial charge < -0.3 is 10.4 Å². The number of rotatable bonds is 8. The summed E-state index contributed by atoms with van der Waals surface area (Å²) < 4.78 is 15.0. The summed E-state index contributed by atoms with van der Waals surface area (Å²) in [6.45, 7) is 0.388. The van der Waals surface area contributed by atoms with Gasteiger partial charge in [0.25, 0.3) is 0 Å². The van der Waals surface area contributed by atoms with Gasteiger partial charge >= 0.3 is 11.4 Å². The topological polar surface area (TPSA) is 127 Å². The van der Waals surface area contributed by atoms with E-state index in [2.05, 4.69) is 10.3 Å². The molecule has 0 radical (unpaired) electrons. The first-order valence-electron chi connectivity index (χ1n) is 9.00. The Morgan fingerprint density at radius 1 is 1.41 bits per heavy atom. The number of aliphatic hydroxyl groups is 1. The van der Waals surface area contributed by atoms with Gasteiger partial charge in [0.2, 0.25) is 11.7 Å². The molecule has 3 rings (SSSR count). The zero-order chi connectivity index (χ0) is 21.0. The lowest BCUT2D eigenvalue weighted by Crippen LogP contribution is -2.28. The van der Waals surface area contributed by atoms with E-state index in [0.29, 0.717) is 18.0 Å². The molecule has 1 amide bonds. The molecule has 0 aliphatic heterocycles. The van der Waals surface area contributed by atoms with Crippen LogP contribution in [0.4, 0.5) is 15.8 Å². The molecule has 1 aromatic carbocycles. The number of hydrogen-bond acceptors (Lipinski definition) is 7. The molecule has 9 nitrogen and oxygen atoms in total. The quantitative estimate of drug-likeness (QED) is 0.288.